The molecule has 1 fully saturated rings. The Hall–Kier alpha value is -2.54. The second-order valence-corrected chi connectivity index (χ2v) is 12.1. The Balaban J connectivity index is 1.62. The summed E-state index contributed by atoms with van der Waals surface area (Å²) in [5.74, 6) is -0.172. The summed E-state index contributed by atoms with van der Waals surface area (Å²) in [6.45, 7) is 4.14. The molecule has 37 heavy (non-hydrogen) atoms. The molecule has 1 saturated heterocycles. The maximum absolute atomic E-state index is 13.0. The molecule has 4 rings (SSSR count). The lowest BCUT2D eigenvalue weighted by Gasteiger charge is -2.15. The number of amides is 2. The van der Waals surface area contributed by atoms with Crippen molar-refractivity contribution in [3.63, 3.8) is 0 Å². The Kier molecular flexibility index (Phi) is 8.52. The maximum Gasteiger partial charge on any atom is 0.339 e. The molecule has 2 amide bonds. The summed E-state index contributed by atoms with van der Waals surface area (Å²) in [4.78, 5) is 27.0. The Morgan fingerprint density at radius 3 is 2.49 bits per heavy atom. The number of hydrogen-bond donors (Lipinski definition) is 0. The number of aryl methyl sites for hydroxylation is 1. The molecule has 0 N–H and O–H groups in total. The molecule has 0 bridgehead atoms. The summed E-state index contributed by atoms with van der Waals surface area (Å²) in [7, 11) is -4.15. The Morgan fingerprint density at radius 1 is 1.08 bits per heavy atom. The Morgan fingerprint density at radius 2 is 1.81 bits per heavy atom. The van der Waals surface area contributed by atoms with Crippen molar-refractivity contribution < 1.29 is 26.9 Å². The number of carbonyl (C=O) groups is 2. The van der Waals surface area contributed by atoms with Gasteiger partial charge in [-0.1, -0.05) is 41.4 Å². The number of hydrogen-bond acceptors (Lipinski definition) is 7. The molecule has 0 radical (unpaired) electrons. The zero-order valence-corrected chi connectivity index (χ0v) is 24.3. The number of imide groups is 1. The van der Waals surface area contributed by atoms with Gasteiger partial charge in [-0.15, -0.1) is 0 Å². The molecule has 1 aliphatic rings. The van der Waals surface area contributed by atoms with Crippen LogP contribution in [0.15, 0.2) is 70.5 Å². The van der Waals surface area contributed by atoms with Gasteiger partial charge >= 0.3 is 10.1 Å². The lowest BCUT2D eigenvalue weighted by Crippen LogP contribution is -2.27. The van der Waals surface area contributed by atoms with E-state index in [-0.39, 0.29) is 39.7 Å². The molecule has 11 heteroatoms. The SMILES string of the molecule is CCOc1cc(/C=C2\SC(=O)N(Cc3cccc(C)c3)C2=O)cc(I)c1OS(=O)(=O)c1ccc(Cl)cc1. The van der Waals surface area contributed by atoms with Crippen LogP contribution in [0.4, 0.5) is 4.79 Å². The lowest BCUT2D eigenvalue weighted by molar-refractivity contribution is -0.123. The number of nitrogens with zero attached hydrogens (tertiary/aromatic N) is 1. The first-order valence-corrected chi connectivity index (χ1v) is 14.7. The van der Waals surface area contributed by atoms with E-state index in [1.54, 1.807) is 25.1 Å². The maximum atomic E-state index is 13.0. The van der Waals surface area contributed by atoms with E-state index in [2.05, 4.69) is 0 Å². The average Bonchev–Trinajstić information content (AvgIpc) is 3.09. The molecule has 0 spiro atoms. The molecule has 0 aliphatic carbocycles. The van der Waals surface area contributed by atoms with Crippen LogP contribution in [-0.2, 0) is 21.5 Å². The van der Waals surface area contributed by atoms with Crippen molar-refractivity contribution in [2.75, 3.05) is 6.61 Å². The lowest BCUT2D eigenvalue weighted by atomic mass is 10.1. The third-order valence-electron chi connectivity index (χ3n) is 5.22. The van der Waals surface area contributed by atoms with Gasteiger partial charge in [0.1, 0.15) is 4.90 Å². The minimum absolute atomic E-state index is 0.0297. The van der Waals surface area contributed by atoms with Crippen molar-refractivity contribution in [3.05, 3.63) is 90.9 Å². The van der Waals surface area contributed by atoms with Gasteiger partial charge in [0, 0.05) is 5.02 Å². The number of thioether (sulfide) groups is 1. The predicted octanol–water partition coefficient (Wildman–Crippen LogP) is 6.66. The van der Waals surface area contributed by atoms with Crippen molar-refractivity contribution in [2.45, 2.75) is 25.3 Å². The molecule has 0 aromatic heterocycles. The average molecular weight is 670 g/mol. The number of halogens is 2. The van der Waals surface area contributed by atoms with Crippen molar-refractivity contribution in [2.24, 2.45) is 0 Å². The Labute approximate surface area is 238 Å². The highest BCUT2D eigenvalue weighted by atomic mass is 127. The third kappa shape index (κ3) is 6.49. The van der Waals surface area contributed by atoms with Gasteiger partial charge in [-0.3, -0.25) is 14.5 Å². The number of ether oxygens (including phenoxy) is 1. The molecule has 0 atom stereocenters. The van der Waals surface area contributed by atoms with Crippen LogP contribution in [0, 0.1) is 10.5 Å². The minimum atomic E-state index is -4.15. The van der Waals surface area contributed by atoms with Gasteiger partial charge < -0.3 is 8.92 Å². The fraction of sp³-hybridized carbons (Fsp3) is 0.154. The molecule has 0 unspecified atom stereocenters. The van der Waals surface area contributed by atoms with Gasteiger partial charge in [0.05, 0.1) is 21.6 Å². The fourth-order valence-electron chi connectivity index (χ4n) is 3.55. The van der Waals surface area contributed by atoms with E-state index in [0.717, 1.165) is 22.9 Å². The Bertz CT molecular complexity index is 1510. The molecule has 192 valence electrons. The summed E-state index contributed by atoms with van der Waals surface area (Å²) in [6, 6.07) is 16.5. The quantitative estimate of drug-likeness (QED) is 0.151. The molecule has 3 aromatic rings. The first-order chi connectivity index (χ1) is 17.6. The number of carbonyl (C=O) groups excluding carboxylic acids is 2. The van der Waals surface area contributed by atoms with Gasteiger partial charge in [0.15, 0.2) is 11.5 Å². The second-order valence-electron chi connectivity index (χ2n) is 8.01. The normalized spacial score (nSPS) is 14.9. The minimum Gasteiger partial charge on any atom is -0.490 e. The van der Waals surface area contributed by atoms with Crippen LogP contribution in [-0.4, -0.2) is 31.1 Å². The topological polar surface area (TPSA) is 90.0 Å². The van der Waals surface area contributed by atoms with E-state index in [1.807, 2.05) is 53.8 Å². The van der Waals surface area contributed by atoms with E-state index in [4.69, 9.17) is 20.5 Å². The third-order valence-corrected chi connectivity index (χ3v) is 8.42. The molecule has 3 aromatic carbocycles. The first kappa shape index (κ1) is 27.5. The van der Waals surface area contributed by atoms with E-state index in [9.17, 15) is 18.0 Å². The summed E-state index contributed by atoms with van der Waals surface area (Å²) in [6.07, 6.45) is 1.59. The fourth-order valence-corrected chi connectivity index (χ4v) is 6.36. The predicted molar refractivity (Wildman–Crippen MR) is 152 cm³/mol. The van der Waals surface area contributed by atoms with E-state index in [0.29, 0.717) is 14.2 Å². The zero-order valence-electron chi connectivity index (χ0n) is 19.7. The highest BCUT2D eigenvalue weighted by molar-refractivity contribution is 14.1. The molecule has 0 saturated carbocycles. The molecular formula is C26H21ClINO6S2. The largest absolute Gasteiger partial charge is 0.490 e. The van der Waals surface area contributed by atoms with Crippen molar-refractivity contribution >= 4 is 73.3 Å². The van der Waals surface area contributed by atoms with Crippen molar-refractivity contribution in [1.82, 2.24) is 4.90 Å². The van der Waals surface area contributed by atoms with Crippen molar-refractivity contribution in [3.8, 4) is 11.5 Å². The van der Waals surface area contributed by atoms with Crippen molar-refractivity contribution in [1.29, 1.82) is 0 Å². The summed E-state index contributed by atoms with van der Waals surface area (Å²) in [5, 5.41) is 0.0441. The van der Waals surface area contributed by atoms with Crippen LogP contribution in [0.25, 0.3) is 6.08 Å². The van der Waals surface area contributed by atoms with Crippen LogP contribution >= 0.6 is 46.0 Å². The molecule has 1 heterocycles. The van der Waals surface area contributed by atoms with Crippen LogP contribution in [0.2, 0.25) is 5.02 Å². The smallest absolute Gasteiger partial charge is 0.339 e. The van der Waals surface area contributed by atoms with E-state index in [1.165, 1.54) is 29.2 Å². The van der Waals surface area contributed by atoms with Crippen LogP contribution in [0.3, 0.4) is 0 Å². The van der Waals surface area contributed by atoms with Gasteiger partial charge in [-0.25, -0.2) is 0 Å². The number of rotatable bonds is 8. The highest BCUT2D eigenvalue weighted by Crippen LogP contribution is 2.39. The van der Waals surface area contributed by atoms with Gasteiger partial charge in [0.25, 0.3) is 11.1 Å². The summed E-state index contributed by atoms with van der Waals surface area (Å²) < 4.78 is 37.2. The summed E-state index contributed by atoms with van der Waals surface area (Å²) in [5.41, 5.74) is 2.46. The van der Waals surface area contributed by atoms with E-state index >= 15 is 0 Å². The number of benzene rings is 3. The van der Waals surface area contributed by atoms with Gasteiger partial charge in [0.2, 0.25) is 0 Å². The van der Waals surface area contributed by atoms with Crippen LogP contribution in [0.5, 0.6) is 11.5 Å². The second kappa shape index (κ2) is 11.5. The van der Waals surface area contributed by atoms with Crippen LogP contribution < -0.4 is 8.92 Å². The van der Waals surface area contributed by atoms with Gasteiger partial charge in [-0.05, 0) is 102 Å². The molecular weight excluding hydrogens is 649 g/mol. The van der Waals surface area contributed by atoms with E-state index < -0.39 is 16.0 Å². The monoisotopic (exact) mass is 669 g/mol. The zero-order chi connectivity index (χ0) is 26.7. The standard InChI is InChI=1S/C26H21ClINO6S2/c1-3-34-22-13-18(12-21(28)24(22)35-37(32,33)20-9-7-19(27)8-10-20)14-23-25(30)29(26(31)36-23)15-17-6-4-5-16(2)11-17/h4-14H,3,15H2,1-2H3/b23-14-. The highest BCUT2D eigenvalue weighted by Gasteiger charge is 2.35. The molecule has 7 nitrogen and oxygen atoms in total. The van der Waals surface area contributed by atoms with Gasteiger partial charge in [-0.2, -0.15) is 8.42 Å². The van der Waals surface area contributed by atoms with Crippen LogP contribution in [0.1, 0.15) is 23.6 Å². The molecule has 1 aliphatic heterocycles. The first-order valence-electron chi connectivity index (χ1n) is 11.0. The summed E-state index contributed by atoms with van der Waals surface area (Å²) >= 11 is 8.66.